The Morgan fingerprint density at radius 3 is 2.61 bits per heavy atom. The highest BCUT2D eigenvalue weighted by molar-refractivity contribution is 5.89. The molecule has 150 valence electrons. The van der Waals surface area contributed by atoms with Crippen LogP contribution in [0, 0.1) is 6.92 Å². The van der Waals surface area contributed by atoms with Crippen molar-refractivity contribution in [2.75, 3.05) is 31.7 Å². The molecule has 0 unspecified atom stereocenters. The minimum atomic E-state index is -0.706. The van der Waals surface area contributed by atoms with E-state index in [1.165, 1.54) is 5.56 Å². The lowest BCUT2D eigenvalue weighted by atomic mass is 9.90. The topological polar surface area (TPSA) is 98.5 Å². The molecule has 3 heterocycles. The Hall–Kier alpha value is -2.45. The van der Waals surface area contributed by atoms with E-state index in [1.54, 1.807) is 6.92 Å². The first-order chi connectivity index (χ1) is 13.6. The van der Waals surface area contributed by atoms with Gasteiger partial charge in [-0.15, -0.1) is 0 Å². The molecular weight excluding hydrogens is 360 g/mol. The Kier molecular flexibility index (Phi) is 5.59. The minimum absolute atomic E-state index is 0.290. The first-order valence-electron chi connectivity index (χ1n) is 9.80. The molecule has 8 nitrogen and oxygen atoms in total. The largest absolute Gasteiger partial charge is 0.381 e. The van der Waals surface area contributed by atoms with Gasteiger partial charge in [0.05, 0.1) is 0 Å². The van der Waals surface area contributed by atoms with Gasteiger partial charge in [0.15, 0.2) is 5.82 Å². The summed E-state index contributed by atoms with van der Waals surface area (Å²) in [6, 6.07) is 7.74. The fourth-order valence-electron chi connectivity index (χ4n) is 3.88. The Balaban J connectivity index is 1.46. The molecule has 2 fully saturated rings. The molecule has 2 N–H and O–H groups in total. The highest BCUT2D eigenvalue weighted by Gasteiger charge is 2.41. The van der Waals surface area contributed by atoms with Crippen molar-refractivity contribution in [2.24, 2.45) is 0 Å². The predicted octanol–water partition coefficient (Wildman–Crippen LogP) is 3.10. The van der Waals surface area contributed by atoms with Crippen LogP contribution in [0.4, 0.5) is 10.5 Å². The van der Waals surface area contributed by atoms with E-state index in [4.69, 9.17) is 14.0 Å². The summed E-state index contributed by atoms with van der Waals surface area (Å²) in [6.45, 7) is 4.40. The molecule has 0 bridgehead atoms. The molecule has 2 aliphatic rings. The molecule has 1 aromatic heterocycles. The van der Waals surface area contributed by atoms with Crippen molar-refractivity contribution in [1.29, 1.82) is 0 Å². The van der Waals surface area contributed by atoms with Crippen LogP contribution in [0.15, 0.2) is 28.8 Å². The second-order valence-corrected chi connectivity index (χ2v) is 7.43. The number of carbonyl (C=O) groups is 1. The van der Waals surface area contributed by atoms with E-state index in [-0.39, 0.29) is 6.03 Å². The summed E-state index contributed by atoms with van der Waals surface area (Å²) in [5.74, 6) is 1.45. The van der Waals surface area contributed by atoms with Crippen molar-refractivity contribution in [1.82, 2.24) is 15.5 Å². The molecule has 0 atom stereocenters. The predicted molar refractivity (Wildman–Crippen MR) is 102 cm³/mol. The lowest BCUT2D eigenvalue weighted by Gasteiger charge is -2.34. The van der Waals surface area contributed by atoms with Gasteiger partial charge in [0.2, 0.25) is 0 Å². The Morgan fingerprint density at radius 2 is 1.89 bits per heavy atom. The number of urea groups is 1. The maximum absolute atomic E-state index is 12.8. The van der Waals surface area contributed by atoms with Crippen LogP contribution in [0.2, 0.25) is 0 Å². The highest BCUT2D eigenvalue weighted by Crippen LogP contribution is 2.32. The monoisotopic (exact) mass is 386 g/mol. The molecular formula is C20H26N4O4. The number of carbonyl (C=O) groups excluding carboxylic acids is 1. The average molecular weight is 386 g/mol. The zero-order chi connectivity index (χ0) is 19.4. The number of aryl methyl sites for hydroxylation is 1. The smallest absolute Gasteiger partial charge is 0.320 e. The zero-order valence-electron chi connectivity index (χ0n) is 16.1. The van der Waals surface area contributed by atoms with Crippen LogP contribution in [-0.4, -0.2) is 42.6 Å². The molecule has 0 radical (unpaired) electrons. The van der Waals surface area contributed by atoms with Gasteiger partial charge < -0.3 is 24.6 Å². The van der Waals surface area contributed by atoms with Gasteiger partial charge >= 0.3 is 6.03 Å². The normalized spacial score (nSPS) is 19.9. The van der Waals surface area contributed by atoms with Crippen LogP contribution in [0.5, 0.6) is 0 Å². The maximum Gasteiger partial charge on any atom is 0.320 e. The van der Waals surface area contributed by atoms with Crippen LogP contribution in [-0.2, 0) is 15.0 Å². The van der Waals surface area contributed by atoms with Gasteiger partial charge in [-0.3, -0.25) is 0 Å². The van der Waals surface area contributed by atoms with Crippen LogP contribution < -0.4 is 10.6 Å². The molecule has 1 aromatic carbocycles. The zero-order valence-corrected chi connectivity index (χ0v) is 16.1. The summed E-state index contributed by atoms with van der Waals surface area (Å²) in [7, 11) is 0. The van der Waals surface area contributed by atoms with Crippen LogP contribution >= 0.6 is 0 Å². The molecule has 4 rings (SSSR count). The van der Waals surface area contributed by atoms with Crippen LogP contribution in [0.25, 0.3) is 0 Å². The van der Waals surface area contributed by atoms with Crippen molar-refractivity contribution < 1.29 is 18.8 Å². The number of benzene rings is 1. The average Bonchev–Trinajstić information content (AvgIpc) is 3.17. The molecule has 8 heteroatoms. The molecule has 0 aliphatic carbocycles. The highest BCUT2D eigenvalue weighted by atomic mass is 16.5. The standard InChI is InChI=1S/C20H26N4O4/c1-14-21-18(28-24-14)20(7-11-27-12-8-20)23-19(25)22-17-4-2-3-16(13-17)15-5-9-26-10-6-15/h2-4,13,15H,5-12H2,1H3,(H2,22,23,25). The summed E-state index contributed by atoms with van der Waals surface area (Å²) in [6.07, 6.45) is 3.19. The Morgan fingerprint density at radius 1 is 1.14 bits per heavy atom. The van der Waals surface area contributed by atoms with Gasteiger partial charge in [-0.2, -0.15) is 4.98 Å². The van der Waals surface area contributed by atoms with Crippen LogP contribution in [0.1, 0.15) is 48.9 Å². The van der Waals surface area contributed by atoms with Crippen molar-refractivity contribution >= 4 is 11.7 Å². The van der Waals surface area contributed by atoms with E-state index in [2.05, 4.69) is 26.8 Å². The van der Waals surface area contributed by atoms with Crippen molar-refractivity contribution in [3.8, 4) is 0 Å². The van der Waals surface area contributed by atoms with Gasteiger partial charge in [-0.05, 0) is 43.4 Å². The minimum Gasteiger partial charge on any atom is -0.381 e. The van der Waals surface area contributed by atoms with Gasteiger partial charge in [0, 0.05) is 45.0 Å². The maximum atomic E-state index is 12.8. The second-order valence-electron chi connectivity index (χ2n) is 7.43. The van der Waals surface area contributed by atoms with Gasteiger partial charge in [0.25, 0.3) is 5.89 Å². The van der Waals surface area contributed by atoms with E-state index in [9.17, 15) is 4.79 Å². The van der Waals surface area contributed by atoms with Gasteiger partial charge in [-0.25, -0.2) is 4.79 Å². The molecule has 2 aliphatic heterocycles. The molecule has 2 amide bonds. The van der Waals surface area contributed by atoms with E-state index in [0.29, 0.717) is 43.7 Å². The number of nitrogens with one attached hydrogen (secondary N) is 2. The van der Waals surface area contributed by atoms with Crippen molar-refractivity contribution in [3.05, 3.63) is 41.5 Å². The van der Waals surface area contributed by atoms with E-state index in [1.807, 2.05) is 18.2 Å². The molecule has 2 aromatic rings. The van der Waals surface area contributed by atoms with E-state index < -0.39 is 5.54 Å². The summed E-state index contributed by atoms with van der Waals surface area (Å²) < 4.78 is 16.3. The fourth-order valence-corrected chi connectivity index (χ4v) is 3.88. The number of anilines is 1. The third kappa shape index (κ3) is 4.18. The second kappa shape index (κ2) is 8.28. The summed E-state index contributed by atoms with van der Waals surface area (Å²) in [5, 5.41) is 9.90. The molecule has 0 saturated carbocycles. The summed E-state index contributed by atoms with van der Waals surface area (Å²) >= 11 is 0. The number of hydrogen-bond donors (Lipinski definition) is 2. The number of ether oxygens (including phenoxy) is 2. The quantitative estimate of drug-likeness (QED) is 0.838. The number of aromatic nitrogens is 2. The van der Waals surface area contributed by atoms with Gasteiger partial charge in [0.1, 0.15) is 5.54 Å². The summed E-state index contributed by atoms with van der Waals surface area (Å²) in [5.41, 5.74) is 1.29. The van der Waals surface area contributed by atoms with Crippen LogP contribution in [0.3, 0.4) is 0 Å². The number of hydrogen-bond acceptors (Lipinski definition) is 6. The molecule has 28 heavy (non-hydrogen) atoms. The van der Waals surface area contributed by atoms with E-state index in [0.717, 1.165) is 31.7 Å². The number of rotatable bonds is 4. The first kappa shape index (κ1) is 18.9. The third-order valence-electron chi connectivity index (χ3n) is 5.47. The van der Waals surface area contributed by atoms with Crippen molar-refractivity contribution in [3.63, 3.8) is 0 Å². The van der Waals surface area contributed by atoms with E-state index >= 15 is 0 Å². The first-order valence-corrected chi connectivity index (χ1v) is 9.80. The lowest BCUT2D eigenvalue weighted by Crippen LogP contribution is -2.51. The summed E-state index contributed by atoms with van der Waals surface area (Å²) in [4.78, 5) is 17.1. The number of nitrogens with zero attached hydrogens (tertiary/aromatic N) is 2. The molecule has 2 saturated heterocycles. The number of amides is 2. The third-order valence-corrected chi connectivity index (χ3v) is 5.47. The Labute approximate surface area is 164 Å². The SMILES string of the molecule is Cc1noc(C2(NC(=O)Nc3cccc(C4CCOCC4)c3)CCOCC2)n1. The van der Waals surface area contributed by atoms with Gasteiger partial charge in [-0.1, -0.05) is 17.3 Å². The molecule has 0 spiro atoms. The van der Waals surface area contributed by atoms with Crippen molar-refractivity contribution in [2.45, 2.75) is 44.1 Å². The lowest BCUT2D eigenvalue weighted by molar-refractivity contribution is 0.0285. The fraction of sp³-hybridized carbons (Fsp3) is 0.550. The Bertz CT molecular complexity index is 810.